The van der Waals surface area contributed by atoms with Gasteiger partial charge in [-0.05, 0) is 54.8 Å². The molecule has 2 aliphatic heterocycles. The first-order valence-corrected chi connectivity index (χ1v) is 11.3. The fourth-order valence-corrected chi connectivity index (χ4v) is 5.40. The molecule has 1 aromatic heterocycles. The molecule has 0 radical (unpaired) electrons. The number of aromatic nitrogens is 2. The van der Waals surface area contributed by atoms with Crippen LogP contribution in [0.15, 0.2) is 23.1 Å². The fourth-order valence-electron chi connectivity index (χ4n) is 4.23. The van der Waals surface area contributed by atoms with Crippen LogP contribution in [-0.4, -0.2) is 51.2 Å². The molecule has 0 aliphatic carbocycles. The highest BCUT2D eigenvalue weighted by Gasteiger charge is 2.30. The van der Waals surface area contributed by atoms with Gasteiger partial charge >= 0.3 is 5.97 Å². The number of carboxylic acid groups (broad SMARTS) is 1. The van der Waals surface area contributed by atoms with Crippen LogP contribution in [0.5, 0.6) is 0 Å². The van der Waals surface area contributed by atoms with Crippen LogP contribution in [0.3, 0.4) is 0 Å². The zero-order chi connectivity index (χ0) is 20.6. The molecular formula is C22H31N3O3S. The fraction of sp³-hybridized carbons (Fsp3) is 0.636. The second-order valence-electron chi connectivity index (χ2n) is 9.40. The number of imidazole rings is 1. The lowest BCUT2D eigenvalue weighted by Crippen LogP contribution is -2.42. The summed E-state index contributed by atoms with van der Waals surface area (Å²) in [5.41, 5.74) is 2.24. The van der Waals surface area contributed by atoms with Crippen molar-refractivity contribution in [3.63, 3.8) is 0 Å². The van der Waals surface area contributed by atoms with Crippen LogP contribution in [0.4, 0.5) is 0 Å². The van der Waals surface area contributed by atoms with Crippen LogP contribution in [-0.2, 0) is 21.5 Å². The van der Waals surface area contributed by atoms with Crippen molar-refractivity contribution in [2.45, 2.75) is 56.9 Å². The Bertz CT molecular complexity index is 877. The molecule has 0 unspecified atom stereocenters. The smallest absolute Gasteiger partial charge is 0.303 e. The van der Waals surface area contributed by atoms with Crippen LogP contribution >= 0.6 is 11.9 Å². The molecule has 4 rings (SSSR count). The topological polar surface area (TPSA) is 67.6 Å². The van der Waals surface area contributed by atoms with Crippen molar-refractivity contribution < 1.29 is 14.6 Å². The number of carbonyl (C=O) groups is 1. The molecular weight excluding hydrogens is 386 g/mol. The van der Waals surface area contributed by atoms with Crippen LogP contribution in [0, 0.1) is 11.8 Å². The standard InChI is InChI=1S/C22H31N3O3S/c1-22(2,3)21-23-18-11-17(29-24-12-16(13-24)10-20(26)27)4-5-19(18)25(21)14-15-6-8-28-9-7-15/h4-5,11,15-16H,6-10,12-14H2,1-3H3,(H,26,27). The lowest BCUT2D eigenvalue weighted by atomic mass is 9.94. The second-order valence-corrected chi connectivity index (χ2v) is 10.6. The number of carboxylic acids is 1. The molecule has 7 heteroatoms. The summed E-state index contributed by atoms with van der Waals surface area (Å²) in [4.78, 5) is 17.0. The molecule has 0 spiro atoms. The van der Waals surface area contributed by atoms with Crippen LogP contribution in [0.2, 0.25) is 0 Å². The van der Waals surface area contributed by atoms with Gasteiger partial charge in [0, 0.05) is 43.2 Å². The Morgan fingerprint density at radius 3 is 2.62 bits per heavy atom. The van der Waals surface area contributed by atoms with Crippen LogP contribution in [0.1, 0.15) is 45.9 Å². The Morgan fingerprint density at radius 1 is 1.24 bits per heavy atom. The number of hydrogen-bond acceptors (Lipinski definition) is 5. The number of hydrogen-bond donors (Lipinski definition) is 1. The molecule has 2 aromatic rings. The Morgan fingerprint density at radius 2 is 1.97 bits per heavy atom. The van der Waals surface area contributed by atoms with Gasteiger partial charge in [0.05, 0.1) is 17.5 Å². The van der Waals surface area contributed by atoms with E-state index in [9.17, 15) is 4.79 Å². The van der Waals surface area contributed by atoms with E-state index in [1.165, 1.54) is 10.4 Å². The SMILES string of the molecule is CC(C)(C)c1nc2cc(SN3CC(CC(=O)O)C3)ccc2n1CC1CCOCC1. The summed E-state index contributed by atoms with van der Waals surface area (Å²) in [5.74, 6) is 1.36. The minimum atomic E-state index is -0.703. The highest BCUT2D eigenvalue weighted by molar-refractivity contribution is 7.97. The average Bonchev–Trinajstić information content (AvgIpc) is 2.98. The molecule has 158 valence electrons. The molecule has 1 aromatic carbocycles. The molecule has 2 aliphatic rings. The van der Waals surface area contributed by atoms with E-state index in [2.05, 4.69) is 47.8 Å². The van der Waals surface area contributed by atoms with Gasteiger partial charge in [0.2, 0.25) is 0 Å². The van der Waals surface area contributed by atoms with Gasteiger partial charge in [-0.1, -0.05) is 20.8 Å². The Kier molecular flexibility index (Phi) is 5.91. The summed E-state index contributed by atoms with van der Waals surface area (Å²) in [6.07, 6.45) is 2.50. The molecule has 1 N–H and O–H groups in total. The maximum absolute atomic E-state index is 10.8. The summed E-state index contributed by atoms with van der Waals surface area (Å²) in [6, 6.07) is 6.56. The van der Waals surface area contributed by atoms with Gasteiger partial charge in [-0.3, -0.25) is 4.79 Å². The van der Waals surface area contributed by atoms with E-state index in [-0.39, 0.29) is 17.8 Å². The van der Waals surface area contributed by atoms with Crippen molar-refractivity contribution in [2.75, 3.05) is 26.3 Å². The summed E-state index contributed by atoms with van der Waals surface area (Å²) < 4.78 is 10.2. The maximum atomic E-state index is 10.8. The zero-order valence-corrected chi connectivity index (χ0v) is 18.4. The predicted octanol–water partition coefficient (Wildman–Crippen LogP) is 4.17. The zero-order valence-electron chi connectivity index (χ0n) is 17.6. The molecule has 2 fully saturated rings. The highest BCUT2D eigenvalue weighted by atomic mass is 32.2. The van der Waals surface area contributed by atoms with Crippen molar-refractivity contribution in [1.82, 2.24) is 13.9 Å². The third kappa shape index (κ3) is 4.78. The monoisotopic (exact) mass is 417 g/mol. The number of nitrogens with zero attached hydrogens (tertiary/aromatic N) is 3. The Labute approximate surface area is 176 Å². The van der Waals surface area contributed by atoms with Crippen LogP contribution < -0.4 is 0 Å². The predicted molar refractivity (Wildman–Crippen MR) is 115 cm³/mol. The van der Waals surface area contributed by atoms with E-state index < -0.39 is 5.97 Å². The largest absolute Gasteiger partial charge is 0.481 e. The van der Waals surface area contributed by atoms with E-state index in [0.29, 0.717) is 5.92 Å². The quantitative estimate of drug-likeness (QED) is 0.712. The van der Waals surface area contributed by atoms with Gasteiger partial charge in [-0.15, -0.1) is 0 Å². The third-order valence-electron chi connectivity index (χ3n) is 5.79. The van der Waals surface area contributed by atoms with E-state index in [0.717, 1.165) is 57.0 Å². The minimum absolute atomic E-state index is 0.0149. The van der Waals surface area contributed by atoms with Crippen LogP contribution in [0.25, 0.3) is 11.0 Å². The number of ether oxygens (including phenoxy) is 1. The maximum Gasteiger partial charge on any atom is 0.303 e. The van der Waals surface area contributed by atoms with Gasteiger partial charge in [0.15, 0.2) is 0 Å². The Hall–Kier alpha value is -1.57. The van der Waals surface area contributed by atoms with E-state index in [1.54, 1.807) is 11.9 Å². The third-order valence-corrected chi connectivity index (χ3v) is 6.81. The van der Waals surface area contributed by atoms with Crippen molar-refractivity contribution in [1.29, 1.82) is 0 Å². The molecule has 2 saturated heterocycles. The van der Waals surface area contributed by atoms with Crippen molar-refractivity contribution in [3.8, 4) is 0 Å². The molecule has 0 bridgehead atoms. The van der Waals surface area contributed by atoms with E-state index >= 15 is 0 Å². The van der Waals surface area contributed by atoms with E-state index in [1.807, 2.05) is 0 Å². The minimum Gasteiger partial charge on any atom is -0.481 e. The lowest BCUT2D eigenvalue weighted by Gasteiger charge is -2.37. The molecule has 0 saturated carbocycles. The van der Waals surface area contributed by atoms with Gasteiger partial charge in [0.25, 0.3) is 0 Å². The highest BCUT2D eigenvalue weighted by Crippen LogP contribution is 2.35. The lowest BCUT2D eigenvalue weighted by molar-refractivity contribution is -0.138. The summed E-state index contributed by atoms with van der Waals surface area (Å²) in [6.45, 7) is 11.1. The van der Waals surface area contributed by atoms with Gasteiger partial charge in [-0.25, -0.2) is 9.29 Å². The van der Waals surface area contributed by atoms with Gasteiger partial charge in [-0.2, -0.15) is 0 Å². The average molecular weight is 418 g/mol. The molecule has 3 heterocycles. The number of rotatable bonds is 6. The summed E-state index contributed by atoms with van der Waals surface area (Å²) >= 11 is 1.71. The molecule has 0 amide bonds. The van der Waals surface area contributed by atoms with Gasteiger partial charge in [0.1, 0.15) is 5.82 Å². The summed E-state index contributed by atoms with van der Waals surface area (Å²) in [5, 5.41) is 8.91. The summed E-state index contributed by atoms with van der Waals surface area (Å²) in [7, 11) is 0. The van der Waals surface area contributed by atoms with Gasteiger partial charge < -0.3 is 14.4 Å². The van der Waals surface area contributed by atoms with Crippen molar-refractivity contribution in [2.24, 2.45) is 11.8 Å². The molecule has 29 heavy (non-hydrogen) atoms. The number of benzene rings is 1. The molecule has 0 atom stereocenters. The second kappa shape index (κ2) is 8.28. The first kappa shape index (κ1) is 20.7. The van der Waals surface area contributed by atoms with Crippen molar-refractivity contribution >= 4 is 29.0 Å². The Balaban J connectivity index is 1.53. The normalized spacial score (nSPS) is 19.6. The van der Waals surface area contributed by atoms with E-state index in [4.69, 9.17) is 14.8 Å². The number of fused-ring (bicyclic) bond motifs is 1. The van der Waals surface area contributed by atoms with Crippen molar-refractivity contribution in [3.05, 3.63) is 24.0 Å². The first-order valence-electron chi connectivity index (χ1n) is 10.5. The first-order chi connectivity index (χ1) is 13.8. The number of aliphatic carboxylic acids is 1. The molecule has 6 nitrogen and oxygen atoms in total.